The van der Waals surface area contributed by atoms with E-state index >= 15 is 0 Å². The van der Waals surface area contributed by atoms with Crippen molar-refractivity contribution in [1.29, 1.82) is 0 Å². The molecule has 172 valence electrons. The summed E-state index contributed by atoms with van der Waals surface area (Å²) in [5.41, 5.74) is 5.59. The van der Waals surface area contributed by atoms with Gasteiger partial charge >= 0.3 is 0 Å². The quantitative estimate of drug-likeness (QED) is 0.316. The lowest BCUT2D eigenvalue weighted by Crippen LogP contribution is -2.31. The Bertz CT molecular complexity index is 1250. The van der Waals surface area contributed by atoms with Crippen LogP contribution in [0.15, 0.2) is 84.9 Å². The minimum Gasteiger partial charge on any atom is -0.494 e. The Balaban J connectivity index is 1.53. The lowest BCUT2D eigenvalue weighted by molar-refractivity contribution is 0.0745. The molecule has 0 fully saturated rings. The third-order valence-electron chi connectivity index (χ3n) is 6.34. The second kappa shape index (κ2) is 9.96. The van der Waals surface area contributed by atoms with Gasteiger partial charge < -0.3 is 9.64 Å². The third kappa shape index (κ3) is 4.34. The highest BCUT2D eigenvalue weighted by atomic mass is 16.5. The molecule has 0 bridgehead atoms. The highest BCUT2D eigenvalue weighted by Gasteiger charge is 2.42. The minimum atomic E-state index is -0.227. The maximum atomic E-state index is 13.6. The Labute approximate surface area is 200 Å². The fourth-order valence-electron chi connectivity index (χ4n) is 4.59. The van der Waals surface area contributed by atoms with Gasteiger partial charge in [-0.05, 0) is 36.1 Å². The Morgan fingerprint density at radius 3 is 2.50 bits per heavy atom. The van der Waals surface area contributed by atoms with Crippen LogP contribution in [0.3, 0.4) is 0 Å². The van der Waals surface area contributed by atoms with Crippen molar-refractivity contribution in [3.8, 4) is 17.0 Å². The topological polar surface area (TPSA) is 58.2 Å². The van der Waals surface area contributed by atoms with Gasteiger partial charge in [0.1, 0.15) is 11.4 Å². The summed E-state index contributed by atoms with van der Waals surface area (Å²) in [7, 11) is 0. The molecule has 3 aromatic carbocycles. The Morgan fingerprint density at radius 2 is 1.74 bits per heavy atom. The minimum absolute atomic E-state index is 0.0112. The molecule has 0 saturated heterocycles. The highest BCUT2D eigenvalue weighted by Crippen LogP contribution is 2.43. The number of hydrogen-bond acceptors (Lipinski definition) is 3. The van der Waals surface area contributed by atoms with Crippen LogP contribution in [0.5, 0.6) is 5.75 Å². The van der Waals surface area contributed by atoms with Gasteiger partial charge in [-0.15, -0.1) is 0 Å². The molecule has 1 aliphatic heterocycles. The van der Waals surface area contributed by atoms with Gasteiger partial charge in [-0.3, -0.25) is 9.89 Å². The van der Waals surface area contributed by atoms with E-state index in [1.807, 2.05) is 65.6 Å². The molecule has 1 amide bonds. The molecular weight excluding hydrogens is 422 g/mol. The van der Waals surface area contributed by atoms with Crippen molar-refractivity contribution in [1.82, 2.24) is 15.1 Å². The molecule has 5 rings (SSSR count). The summed E-state index contributed by atoms with van der Waals surface area (Å²) in [6, 6.07) is 28.3. The first kappa shape index (κ1) is 22.0. The van der Waals surface area contributed by atoms with Gasteiger partial charge in [0.05, 0.1) is 18.3 Å². The molecule has 5 heteroatoms. The monoisotopic (exact) mass is 451 g/mol. The van der Waals surface area contributed by atoms with E-state index in [-0.39, 0.29) is 11.9 Å². The van der Waals surface area contributed by atoms with Crippen molar-refractivity contribution >= 4 is 5.91 Å². The first-order chi connectivity index (χ1) is 16.8. The van der Waals surface area contributed by atoms with E-state index in [1.165, 1.54) is 5.56 Å². The van der Waals surface area contributed by atoms with Gasteiger partial charge in [0, 0.05) is 17.7 Å². The number of ether oxygens (including phenoxy) is 1. The van der Waals surface area contributed by atoms with Crippen molar-refractivity contribution in [2.45, 2.75) is 32.2 Å². The molecular formula is C29H29N3O2. The van der Waals surface area contributed by atoms with Gasteiger partial charge in [0.25, 0.3) is 5.91 Å². The van der Waals surface area contributed by atoms with Gasteiger partial charge in [-0.25, -0.2) is 0 Å². The number of rotatable bonds is 9. The number of nitrogens with one attached hydrogen (secondary N) is 1. The van der Waals surface area contributed by atoms with E-state index in [0.29, 0.717) is 18.8 Å². The molecule has 2 heterocycles. The normalized spacial score (nSPS) is 14.9. The number of carbonyl (C=O) groups is 1. The number of hydrogen-bond donors (Lipinski definition) is 1. The fourth-order valence-corrected chi connectivity index (χ4v) is 4.59. The van der Waals surface area contributed by atoms with Crippen LogP contribution in [0.1, 0.15) is 53.0 Å². The van der Waals surface area contributed by atoms with Gasteiger partial charge in [0.2, 0.25) is 0 Å². The Hall–Kier alpha value is -3.86. The second-order valence-corrected chi connectivity index (χ2v) is 8.64. The van der Waals surface area contributed by atoms with E-state index in [4.69, 9.17) is 4.74 Å². The van der Waals surface area contributed by atoms with Crippen LogP contribution in [0.2, 0.25) is 0 Å². The van der Waals surface area contributed by atoms with Crippen molar-refractivity contribution in [2.24, 2.45) is 0 Å². The van der Waals surface area contributed by atoms with E-state index in [2.05, 4.69) is 41.4 Å². The van der Waals surface area contributed by atoms with Crippen LogP contribution >= 0.6 is 0 Å². The summed E-state index contributed by atoms with van der Waals surface area (Å²) in [6.45, 7) is 3.46. The number of benzene rings is 3. The van der Waals surface area contributed by atoms with Gasteiger partial charge in [0.15, 0.2) is 0 Å². The molecule has 1 N–H and O–H groups in total. The lowest BCUT2D eigenvalue weighted by atomic mass is 9.95. The molecule has 0 saturated carbocycles. The van der Waals surface area contributed by atoms with Crippen LogP contribution in [0.4, 0.5) is 0 Å². The van der Waals surface area contributed by atoms with Crippen molar-refractivity contribution < 1.29 is 9.53 Å². The van der Waals surface area contributed by atoms with E-state index in [0.717, 1.165) is 47.4 Å². The van der Waals surface area contributed by atoms with Crippen molar-refractivity contribution in [2.75, 3.05) is 13.2 Å². The fraction of sp³-hybridized carbons (Fsp3) is 0.241. The average molecular weight is 452 g/mol. The molecule has 1 atom stereocenters. The zero-order valence-corrected chi connectivity index (χ0v) is 19.4. The Kier molecular flexibility index (Phi) is 6.43. The first-order valence-corrected chi connectivity index (χ1v) is 12.0. The first-order valence-electron chi connectivity index (χ1n) is 12.0. The molecule has 0 spiro atoms. The SMILES string of the molecule is CCCCOc1cccc(C2c3c(-c4ccccc4)n[nH]c3C(=O)N2CCc2ccccc2)c1. The van der Waals surface area contributed by atoms with Crippen LogP contribution in [0, 0.1) is 0 Å². The number of H-pyrrole nitrogens is 1. The number of aromatic amines is 1. The zero-order valence-electron chi connectivity index (χ0n) is 19.4. The van der Waals surface area contributed by atoms with E-state index < -0.39 is 0 Å². The van der Waals surface area contributed by atoms with Crippen LogP contribution in [-0.4, -0.2) is 34.2 Å². The smallest absolute Gasteiger partial charge is 0.273 e. The standard InChI is InChI=1S/C29H29N3O2/c1-2-3-19-34-24-16-10-15-23(20-24)28-25-26(22-13-8-5-9-14-22)30-31-27(25)29(33)32(28)18-17-21-11-6-4-7-12-21/h4-16,20,28H,2-3,17-19H2,1H3,(H,30,31). The van der Waals surface area contributed by atoms with Crippen molar-refractivity contribution in [3.05, 3.63) is 107 Å². The number of amides is 1. The molecule has 1 aliphatic rings. The molecule has 1 unspecified atom stereocenters. The number of nitrogens with zero attached hydrogens (tertiary/aromatic N) is 2. The molecule has 1 aromatic heterocycles. The lowest BCUT2D eigenvalue weighted by Gasteiger charge is -2.27. The summed E-state index contributed by atoms with van der Waals surface area (Å²) in [5, 5.41) is 7.61. The summed E-state index contributed by atoms with van der Waals surface area (Å²) in [6.07, 6.45) is 2.89. The third-order valence-corrected chi connectivity index (χ3v) is 6.34. The highest BCUT2D eigenvalue weighted by molar-refractivity contribution is 6.00. The summed E-state index contributed by atoms with van der Waals surface area (Å²) >= 11 is 0. The van der Waals surface area contributed by atoms with Crippen LogP contribution in [0.25, 0.3) is 11.3 Å². The Morgan fingerprint density at radius 1 is 0.971 bits per heavy atom. The molecule has 0 radical (unpaired) electrons. The second-order valence-electron chi connectivity index (χ2n) is 8.64. The number of carbonyl (C=O) groups excluding carboxylic acids is 1. The largest absolute Gasteiger partial charge is 0.494 e. The number of aromatic nitrogens is 2. The van der Waals surface area contributed by atoms with Crippen LogP contribution < -0.4 is 4.74 Å². The summed E-state index contributed by atoms with van der Waals surface area (Å²) in [5.74, 6) is 0.822. The summed E-state index contributed by atoms with van der Waals surface area (Å²) < 4.78 is 6.00. The summed E-state index contributed by atoms with van der Waals surface area (Å²) in [4.78, 5) is 15.5. The van der Waals surface area contributed by atoms with E-state index in [1.54, 1.807) is 0 Å². The predicted octanol–water partition coefficient (Wildman–Crippen LogP) is 6.04. The zero-order chi connectivity index (χ0) is 23.3. The van der Waals surface area contributed by atoms with Gasteiger partial charge in [-0.1, -0.05) is 86.1 Å². The molecule has 0 aliphatic carbocycles. The van der Waals surface area contributed by atoms with E-state index in [9.17, 15) is 4.79 Å². The number of fused-ring (bicyclic) bond motifs is 1. The van der Waals surface area contributed by atoms with Crippen molar-refractivity contribution in [3.63, 3.8) is 0 Å². The average Bonchev–Trinajstić information content (AvgIpc) is 3.43. The predicted molar refractivity (Wildman–Crippen MR) is 134 cm³/mol. The number of unbranched alkanes of at least 4 members (excludes halogenated alkanes) is 1. The molecule has 5 nitrogen and oxygen atoms in total. The van der Waals surface area contributed by atoms with Gasteiger partial charge in [-0.2, -0.15) is 5.10 Å². The maximum Gasteiger partial charge on any atom is 0.273 e. The molecule has 4 aromatic rings. The van der Waals surface area contributed by atoms with Crippen LogP contribution in [-0.2, 0) is 6.42 Å². The maximum absolute atomic E-state index is 13.6. The molecule has 34 heavy (non-hydrogen) atoms.